The molecule has 0 heteroatoms. The minimum Gasteiger partial charge on any atom is -0.0961 e. The molecule has 0 bridgehead atoms. The van der Waals surface area contributed by atoms with Crippen molar-refractivity contribution in [2.24, 2.45) is 0 Å². The van der Waals surface area contributed by atoms with Gasteiger partial charge in [0.05, 0.1) is 0 Å². The highest BCUT2D eigenvalue weighted by molar-refractivity contribution is 5.25. The van der Waals surface area contributed by atoms with Gasteiger partial charge in [-0.25, -0.2) is 0 Å². The van der Waals surface area contributed by atoms with Gasteiger partial charge in [0.15, 0.2) is 0 Å². The van der Waals surface area contributed by atoms with Gasteiger partial charge in [-0.15, -0.1) is 0 Å². The van der Waals surface area contributed by atoms with Crippen molar-refractivity contribution in [3.05, 3.63) is 36.0 Å². The van der Waals surface area contributed by atoms with Crippen LogP contribution in [-0.4, -0.2) is 0 Å². The van der Waals surface area contributed by atoms with Crippen LogP contribution < -0.4 is 0 Å². The smallest absolute Gasteiger partial charge is 0.0282 e. The molecule has 0 heterocycles. The Bertz CT molecular complexity index is 243. The molecule has 0 aliphatic rings. The minimum absolute atomic E-state index is 1.13. The highest BCUT2D eigenvalue weighted by Gasteiger charge is 1.94. The van der Waals surface area contributed by atoms with Crippen LogP contribution in [0.5, 0.6) is 0 Å². The summed E-state index contributed by atoms with van der Waals surface area (Å²) < 4.78 is 0. The molecule has 0 aliphatic heterocycles. The van der Waals surface area contributed by atoms with Crippen LogP contribution in [0.15, 0.2) is 36.0 Å². The van der Waals surface area contributed by atoms with Crippen molar-refractivity contribution in [3.63, 3.8) is 0 Å². The summed E-state index contributed by atoms with van der Waals surface area (Å²) in [6.45, 7) is 10.4. The van der Waals surface area contributed by atoms with Crippen molar-refractivity contribution in [2.75, 3.05) is 0 Å². The van der Waals surface area contributed by atoms with Crippen LogP contribution in [0.25, 0.3) is 0 Å². The largest absolute Gasteiger partial charge is 0.0961 e. The van der Waals surface area contributed by atoms with Gasteiger partial charge in [0, 0.05) is 0 Å². The fourth-order valence-electron chi connectivity index (χ4n) is 1.87. The third-order valence-electron chi connectivity index (χ3n) is 2.87. The van der Waals surface area contributed by atoms with Gasteiger partial charge in [-0.05, 0) is 26.2 Å². The van der Waals surface area contributed by atoms with E-state index in [0.29, 0.717) is 0 Å². The summed E-state index contributed by atoms with van der Waals surface area (Å²) >= 11 is 0. The molecule has 0 radical (unpaired) electrons. The van der Waals surface area contributed by atoms with Crippen LogP contribution in [-0.2, 0) is 0 Å². The molecule has 17 heavy (non-hydrogen) atoms. The van der Waals surface area contributed by atoms with Gasteiger partial charge in [-0.3, -0.25) is 0 Å². The van der Waals surface area contributed by atoms with E-state index in [0.717, 1.165) is 12.0 Å². The van der Waals surface area contributed by atoms with Crippen molar-refractivity contribution in [3.8, 4) is 0 Å². The molecule has 0 aromatic carbocycles. The molecule has 0 unspecified atom stereocenters. The lowest BCUT2D eigenvalue weighted by atomic mass is 10.0. The lowest BCUT2D eigenvalue weighted by Gasteiger charge is -2.03. The molecule has 98 valence electrons. The summed E-state index contributed by atoms with van der Waals surface area (Å²) in [5.41, 5.74) is 2.61. The van der Waals surface area contributed by atoms with Crippen molar-refractivity contribution in [1.82, 2.24) is 0 Å². The molecular formula is C17H30. The Hall–Kier alpha value is -0.780. The average molecular weight is 234 g/mol. The zero-order valence-electron chi connectivity index (χ0n) is 12.1. The fraction of sp³-hybridized carbons (Fsp3) is 0.647. The van der Waals surface area contributed by atoms with Crippen molar-refractivity contribution < 1.29 is 0 Å². The van der Waals surface area contributed by atoms with Crippen molar-refractivity contribution >= 4 is 0 Å². The Kier molecular flexibility index (Phi) is 11.2. The van der Waals surface area contributed by atoms with E-state index in [1.807, 2.05) is 6.92 Å². The molecule has 0 saturated heterocycles. The van der Waals surface area contributed by atoms with Gasteiger partial charge in [-0.1, -0.05) is 81.9 Å². The van der Waals surface area contributed by atoms with E-state index in [2.05, 4.69) is 38.7 Å². The highest BCUT2D eigenvalue weighted by atomic mass is 14.0. The van der Waals surface area contributed by atoms with Crippen LogP contribution in [0.1, 0.15) is 72.1 Å². The van der Waals surface area contributed by atoms with E-state index < -0.39 is 0 Å². The van der Waals surface area contributed by atoms with E-state index in [9.17, 15) is 0 Å². The van der Waals surface area contributed by atoms with E-state index >= 15 is 0 Å². The number of hydrogen-bond donors (Lipinski definition) is 0. The first-order valence-corrected chi connectivity index (χ1v) is 7.23. The van der Waals surface area contributed by atoms with Gasteiger partial charge >= 0.3 is 0 Å². The van der Waals surface area contributed by atoms with Gasteiger partial charge in [0.2, 0.25) is 0 Å². The van der Waals surface area contributed by atoms with Gasteiger partial charge < -0.3 is 0 Å². The molecule has 0 saturated carbocycles. The lowest BCUT2D eigenvalue weighted by molar-refractivity contribution is 0.608. The molecule has 0 aliphatic carbocycles. The quantitative estimate of drug-likeness (QED) is 0.311. The summed E-state index contributed by atoms with van der Waals surface area (Å²) in [5.74, 6) is 0. The summed E-state index contributed by atoms with van der Waals surface area (Å²) in [5, 5.41) is 0. The Balaban J connectivity index is 3.79. The van der Waals surface area contributed by atoms with E-state index in [-0.39, 0.29) is 0 Å². The number of allylic oxidation sites excluding steroid dienone is 5. The summed E-state index contributed by atoms with van der Waals surface area (Å²) in [6, 6.07) is 0. The molecule has 0 N–H and O–H groups in total. The SMILES string of the molecule is C=C(C)/C=C\C(=C/CC)CCCCCCCC. The van der Waals surface area contributed by atoms with Crippen LogP contribution in [0, 0.1) is 0 Å². The first-order chi connectivity index (χ1) is 8.20. The van der Waals surface area contributed by atoms with Crippen molar-refractivity contribution in [2.45, 2.75) is 72.1 Å². The highest BCUT2D eigenvalue weighted by Crippen LogP contribution is 2.14. The second-order valence-electron chi connectivity index (χ2n) is 4.88. The molecule has 0 fully saturated rings. The first kappa shape index (κ1) is 16.2. The number of unbranched alkanes of at least 4 members (excludes halogenated alkanes) is 5. The maximum atomic E-state index is 3.90. The molecular weight excluding hydrogens is 204 g/mol. The zero-order valence-corrected chi connectivity index (χ0v) is 12.1. The number of rotatable bonds is 10. The minimum atomic E-state index is 1.13. The Labute approximate surface area is 109 Å². The van der Waals surface area contributed by atoms with Gasteiger partial charge in [-0.2, -0.15) is 0 Å². The zero-order chi connectivity index (χ0) is 12.9. The van der Waals surface area contributed by atoms with Gasteiger partial charge in [0.1, 0.15) is 0 Å². The third kappa shape index (κ3) is 11.5. The molecule has 0 atom stereocenters. The van der Waals surface area contributed by atoms with Crippen molar-refractivity contribution in [1.29, 1.82) is 0 Å². The van der Waals surface area contributed by atoms with Crippen LogP contribution in [0.2, 0.25) is 0 Å². The normalized spacial score (nSPS) is 12.3. The second kappa shape index (κ2) is 11.7. The Morgan fingerprint density at radius 2 is 1.59 bits per heavy atom. The average Bonchev–Trinajstić information content (AvgIpc) is 2.30. The predicted octanol–water partition coefficient (Wildman–Crippen LogP) is 6.21. The van der Waals surface area contributed by atoms with Crippen LogP contribution >= 0.6 is 0 Å². The van der Waals surface area contributed by atoms with Gasteiger partial charge in [0.25, 0.3) is 0 Å². The van der Waals surface area contributed by atoms with E-state index in [1.54, 1.807) is 0 Å². The Morgan fingerprint density at radius 3 is 2.18 bits per heavy atom. The van der Waals surface area contributed by atoms with Crippen LogP contribution in [0.3, 0.4) is 0 Å². The molecule has 0 spiro atoms. The molecule has 0 nitrogen and oxygen atoms in total. The standard InChI is InChI=1S/C17H30/c1-5-7-8-9-10-11-13-17(12-6-2)15-14-16(3)4/h12,14-15H,3,5-11,13H2,1-2,4H3/b15-14-,17-12-. The summed E-state index contributed by atoms with van der Waals surface area (Å²) in [6.07, 6.45) is 17.3. The summed E-state index contributed by atoms with van der Waals surface area (Å²) in [7, 11) is 0. The summed E-state index contributed by atoms with van der Waals surface area (Å²) in [4.78, 5) is 0. The molecule has 0 aromatic rings. The van der Waals surface area contributed by atoms with E-state index in [4.69, 9.17) is 0 Å². The molecule has 0 aromatic heterocycles. The Morgan fingerprint density at radius 1 is 0.941 bits per heavy atom. The van der Waals surface area contributed by atoms with E-state index in [1.165, 1.54) is 50.5 Å². The van der Waals surface area contributed by atoms with Crippen LogP contribution in [0.4, 0.5) is 0 Å². The molecule has 0 rings (SSSR count). The topological polar surface area (TPSA) is 0 Å². The number of hydrogen-bond acceptors (Lipinski definition) is 0. The maximum absolute atomic E-state index is 3.90. The first-order valence-electron chi connectivity index (χ1n) is 7.23. The predicted molar refractivity (Wildman–Crippen MR) is 80.3 cm³/mol. The monoisotopic (exact) mass is 234 g/mol. The third-order valence-corrected chi connectivity index (χ3v) is 2.87. The second-order valence-corrected chi connectivity index (χ2v) is 4.88. The lowest BCUT2D eigenvalue weighted by Crippen LogP contribution is -1.83. The molecule has 0 amide bonds. The fourth-order valence-corrected chi connectivity index (χ4v) is 1.87. The maximum Gasteiger partial charge on any atom is -0.0282 e.